The molecule has 3 rings (SSSR count). The van der Waals surface area contributed by atoms with E-state index in [2.05, 4.69) is 10.2 Å². The summed E-state index contributed by atoms with van der Waals surface area (Å²) in [6.07, 6.45) is 5.80. The third kappa shape index (κ3) is 4.67. The van der Waals surface area contributed by atoms with Gasteiger partial charge in [0.15, 0.2) is 5.11 Å². The molecular weight excluding hydrogens is 346 g/mol. The number of piperazine rings is 1. The largest absolute Gasteiger partial charge is 0.492 e. The highest BCUT2D eigenvalue weighted by Gasteiger charge is 2.29. The first-order valence-corrected chi connectivity index (χ1v) is 10.2. The molecule has 1 aromatic carbocycles. The summed E-state index contributed by atoms with van der Waals surface area (Å²) in [7, 11) is 0. The average molecular weight is 376 g/mol. The van der Waals surface area contributed by atoms with E-state index >= 15 is 0 Å². The van der Waals surface area contributed by atoms with Crippen molar-refractivity contribution in [1.29, 1.82) is 0 Å². The number of ether oxygens (including phenoxy) is 1. The molecule has 1 N–H and O–H groups in total. The Bertz CT molecular complexity index is 623. The van der Waals surface area contributed by atoms with Crippen LogP contribution in [-0.4, -0.2) is 53.6 Å². The van der Waals surface area contributed by atoms with Crippen molar-refractivity contribution in [2.24, 2.45) is 5.92 Å². The average Bonchev–Trinajstić information content (AvgIpc) is 2.70. The number of hydrogen-bond acceptors (Lipinski definition) is 3. The second kappa shape index (κ2) is 9.21. The molecule has 1 saturated heterocycles. The number of carbonyl (C=O) groups excluding carboxylic acids is 1. The Hall–Kier alpha value is -1.82. The minimum Gasteiger partial charge on any atom is -0.492 e. The normalized spacial score (nSPS) is 18.5. The first-order chi connectivity index (χ1) is 12.7. The van der Waals surface area contributed by atoms with Gasteiger partial charge >= 0.3 is 0 Å². The van der Waals surface area contributed by atoms with Crippen molar-refractivity contribution in [2.45, 2.75) is 39.0 Å². The first-order valence-electron chi connectivity index (χ1n) is 9.75. The van der Waals surface area contributed by atoms with E-state index in [1.54, 1.807) is 0 Å². The number of anilines is 1. The monoisotopic (exact) mass is 375 g/mol. The summed E-state index contributed by atoms with van der Waals surface area (Å²) < 4.78 is 5.65. The molecule has 1 saturated carbocycles. The number of amides is 1. The molecule has 2 aliphatic rings. The third-order valence-electron chi connectivity index (χ3n) is 5.26. The molecule has 2 fully saturated rings. The van der Waals surface area contributed by atoms with Crippen LogP contribution in [0.3, 0.4) is 0 Å². The van der Waals surface area contributed by atoms with Crippen LogP contribution in [0.4, 0.5) is 5.69 Å². The zero-order valence-electron chi connectivity index (χ0n) is 15.6. The van der Waals surface area contributed by atoms with Gasteiger partial charge in [0.25, 0.3) is 0 Å². The van der Waals surface area contributed by atoms with Crippen LogP contribution < -0.4 is 10.1 Å². The van der Waals surface area contributed by atoms with Crippen LogP contribution in [-0.2, 0) is 4.79 Å². The number of para-hydroxylation sites is 2. The van der Waals surface area contributed by atoms with E-state index in [1.807, 2.05) is 36.1 Å². The van der Waals surface area contributed by atoms with Gasteiger partial charge in [-0.25, -0.2) is 0 Å². The van der Waals surface area contributed by atoms with Crippen molar-refractivity contribution < 1.29 is 9.53 Å². The molecule has 1 heterocycles. The number of nitrogens with zero attached hydrogens (tertiary/aromatic N) is 2. The summed E-state index contributed by atoms with van der Waals surface area (Å²) >= 11 is 5.59. The number of thiocarbonyl (C=S) groups is 1. The van der Waals surface area contributed by atoms with Gasteiger partial charge in [0, 0.05) is 32.1 Å². The predicted octanol–water partition coefficient (Wildman–Crippen LogP) is 3.51. The molecule has 5 nitrogen and oxygen atoms in total. The molecule has 1 amide bonds. The van der Waals surface area contributed by atoms with Gasteiger partial charge in [-0.15, -0.1) is 0 Å². The smallest absolute Gasteiger partial charge is 0.225 e. The van der Waals surface area contributed by atoms with Crippen LogP contribution >= 0.6 is 12.2 Å². The minimum atomic E-state index is 0.249. The Balaban J connectivity index is 1.51. The van der Waals surface area contributed by atoms with E-state index in [0.717, 1.165) is 50.5 Å². The zero-order chi connectivity index (χ0) is 18.4. The molecule has 0 atom stereocenters. The Kier molecular flexibility index (Phi) is 6.72. The van der Waals surface area contributed by atoms with Crippen molar-refractivity contribution in [1.82, 2.24) is 9.80 Å². The predicted molar refractivity (Wildman–Crippen MR) is 109 cm³/mol. The molecule has 1 aromatic rings. The summed E-state index contributed by atoms with van der Waals surface area (Å²) in [5.74, 6) is 1.41. The lowest BCUT2D eigenvalue weighted by Crippen LogP contribution is -2.53. The van der Waals surface area contributed by atoms with E-state index in [9.17, 15) is 4.79 Å². The Morgan fingerprint density at radius 2 is 1.77 bits per heavy atom. The highest BCUT2D eigenvalue weighted by molar-refractivity contribution is 7.80. The molecule has 0 spiro atoms. The van der Waals surface area contributed by atoms with Gasteiger partial charge in [-0.3, -0.25) is 4.79 Å². The van der Waals surface area contributed by atoms with Crippen molar-refractivity contribution in [3.63, 3.8) is 0 Å². The fourth-order valence-electron chi connectivity index (χ4n) is 3.78. The Labute approximate surface area is 161 Å². The quantitative estimate of drug-likeness (QED) is 0.816. The van der Waals surface area contributed by atoms with Crippen molar-refractivity contribution >= 4 is 28.9 Å². The first kappa shape index (κ1) is 19.0. The second-order valence-corrected chi connectivity index (χ2v) is 7.39. The lowest BCUT2D eigenvalue weighted by molar-refractivity contribution is -0.137. The highest BCUT2D eigenvalue weighted by atomic mass is 32.1. The van der Waals surface area contributed by atoms with Crippen LogP contribution in [0, 0.1) is 5.92 Å². The van der Waals surface area contributed by atoms with Crippen LogP contribution in [0.1, 0.15) is 39.0 Å². The van der Waals surface area contributed by atoms with E-state index in [-0.39, 0.29) is 5.92 Å². The fraction of sp³-hybridized carbons (Fsp3) is 0.600. The topological polar surface area (TPSA) is 44.8 Å². The van der Waals surface area contributed by atoms with E-state index in [0.29, 0.717) is 17.6 Å². The Morgan fingerprint density at radius 3 is 2.46 bits per heavy atom. The van der Waals surface area contributed by atoms with Crippen LogP contribution in [0.2, 0.25) is 0 Å². The van der Waals surface area contributed by atoms with Gasteiger partial charge in [0.05, 0.1) is 12.3 Å². The minimum absolute atomic E-state index is 0.249. The van der Waals surface area contributed by atoms with Crippen molar-refractivity contribution in [3.05, 3.63) is 24.3 Å². The lowest BCUT2D eigenvalue weighted by atomic mass is 9.88. The third-order valence-corrected chi connectivity index (χ3v) is 5.62. The molecule has 0 unspecified atom stereocenters. The SMILES string of the molecule is CCOc1ccccc1NC(=S)N1CCN(C(=O)C2CCCCC2)CC1. The van der Waals surface area contributed by atoms with E-state index in [1.165, 1.54) is 19.3 Å². The molecular formula is C20H29N3O2S. The summed E-state index contributed by atoms with van der Waals surface area (Å²) in [6, 6.07) is 7.83. The maximum atomic E-state index is 12.7. The summed E-state index contributed by atoms with van der Waals surface area (Å²) in [6.45, 7) is 5.65. The van der Waals surface area contributed by atoms with Gasteiger partial charge in [-0.05, 0) is 44.1 Å². The molecule has 0 radical (unpaired) electrons. The number of rotatable bonds is 4. The maximum absolute atomic E-state index is 12.7. The van der Waals surface area contributed by atoms with Gasteiger partial charge in [0.1, 0.15) is 5.75 Å². The standard InChI is InChI=1S/C20H29N3O2S/c1-2-25-18-11-7-6-10-17(18)21-20(26)23-14-12-22(13-15-23)19(24)16-8-4-3-5-9-16/h6-7,10-11,16H,2-5,8-9,12-15H2,1H3,(H,21,26). The summed E-state index contributed by atoms with van der Waals surface area (Å²) in [5.41, 5.74) is 0.889. The number of carbonyl (C=O) groups is 1. The van der Waals surface area contributed by atoms with Gasteiger partial charge in [-0.1, -0.05) is 31.4 Å². The highest BCUT2D eigenvalue weighted by Crippen LogP contribution is 2.26. The van der Waals surface area contributed by atoms with Crippen LogP contribution in [0.25, 0.3) is 0 Å². The maximum Gasteiger partial charge on any atom is 0.225 e. The van der Waals surface area contributed by atoms with Crippen molar-refractivity contribution in [2.75, 3.05) is 38.1 Å². The summed E-state index contributed by atoms with van der Waals surface area (Å²) in [5, 5.41) is 4.00. The van der Waals surface area contributed by atoms with E-state index < -0.39 is 0 Å². The Morgan fingerprint density at radius 1 is 1.12 bits per heavy atom. The molecule has 6 heteroatoms. The van der Waals surface area contributed by atoms with Crippen LogP contribution in [0.5, 0.6) is 5.75 Å². The molecule has 26 heavy (non-hydrogen) atoms. The lowest BCUT2D eigenvalue weighted by Gasteiger charge is -2.38. The molecule has 1 aliphatic heterocycles. The molecule has 0 bridgehead atoms. The summed E-state index contributed by atoms with van der Waals surface area (Å²) in [4.78, 5) is 16.9. The van der Waals surface area contributed by atoms with Gasteiger partial charge < -0.3 is 19.9 Å². The van der Waals surface area contributed by atoms with Gasteiger partial charge in [0.2, 0.25) is 5.91 Å². The zero-order valence-corrected chi connectivity index (χ0v) is 16.4. The van der Waals surface area contributed by atoms with Gasteiger partial charge in [-0.2, -0.15) is 0 Å². The number of benzene rings is 1. The molecule has 142 valence electrons. The fourth-order valence-corrected chi connectivity index (χ4v) is 4.08. The van der Waals surface area contributed by atoms with E-state index in [4.69, 9.17) is 17.0 Å². The van der Waals surface area contributed by atoms with Crippen molar-refractivity contribution in [3.8, 4) is 5.75 Å². The molecule has 0 aromatic heterocycles. The number of nitrogens with one attached hydrogen (secondary N) is 1. The molecule has 1 aliphatic carbocycles. The number of hydrogen-bond donors (Lipinski definition) is 1. The van der Waals surface area contributed by atoms with Crippen LogP contribution in [0.15, 0.2) is 24.3 Å². The second-order valence-electron chi connectivity index (χ2n) is 7.01.